The Bertz CT molecular complexity index is 997. The van der Waals surface area contributed by atoms with E-state index in [1.54, 1.807) is 24.3 Å². The summed E-state index contributed by atoms with van der Waals surface area (Å²) in [7, 11) is 0. The van der Waals surface area contributed by atoms with Crippen LogP contribution in [0.5, 0.6) is 0 Å². The van der Waals surface area contributed by atoms with Gasteiger partial charge in [-0.3, -0.25) is 9.59 Å². The zero-order chi connectivity index (χ0) is 20.1. The molecule has 3 rings (SSSR count). The number of nitrogens with zero attached hydrogens (tertiary/aromatic N) is 1. The summed E-state index contributed by atoms with van der Waals surface area (Å²) in [5, 5.41) is 15.4. The van der Waals surface area contributed by atoms with Gasteiger partial charge in [0, 0.05) is 18.0 Å². The van der Waals surface area contributed by atoms with E-state index in [1.165, 1.54) is 6.07 Å². The lowest BCUT2D eigenvalue weighted by molar-refractivity contribution is -0.121. The lowest BCUT2D eigenvalue weighted by Gasteiger charge is -2.25. The molecule has 0 saturated heterocycles. The van der Waals surface area contributed by atoms with Crippen LogP contribution in [0.4, 0.5) is 10.1 Å². The molecule has 28 heavy (non-hydrogen) atoms. The van der Waals surface area contributed by atoms with Crippen molar-refractivity contribution >= 4 is 29.3 Å². The van der Waals surface area contributed by atoms with E-state index in [-0.39, 0.29) is 29.6 Å². The average Bonchev–Trinajstić information content (AvgIpc) is 2.68. The maximum Gasteiger partial charge on any atom is 0.234 e. The van der Waals surface area contributed by atoms with Crippen molar-refractivity contribution < 1.29 is 14.0 Å². The molecule has 0 aliphatic carbocycles. The van der Waals surface area contributed by atoms with Crippen molar-refractivity contribution in [2.45, 2.75) is 19.3 Å². The number of aryl methyl sites for hydroxylation is 1. The molecule has 1 aliphatic rings. The van der Waals surface area contributed by atoms with Crippen molar-refractivity contribution in [3.63, 3.8) is 0 Å². The fourth-order valence-corrected chi connectivity index (χ4v) is 3.87. The summed E-state index contributed by atoms with van der Waals surface area (Å²) in [6, 6.07) is 15.6. The number of nitrogens with one attached hydrogen (secondary N) is 2. The van der Waals surface area contributed by atoms with Crippen LogP contribution in [0.2, 0.25) is 0 Å². The quantitative estimate of drug-likeness (QED) is 0.806. The molecule has 1 aliphatic heterocycles. The van der Waals surface area contributed by atoms with Crippen LogP contribution in [0.3, 0.4) is 0 Å². The van der Waals surface area contributed by atoms with Crippen LogP contribution in [0, 0.1) is 24.1 Å². The molecule has 142 valence electrons. The summed E-state index contributed by atoms with van der Waals surface area (Å²) >= 11 is 1.06. The summed E-state index contributed by atoms with van der Waals surface area (Å²) in [6.45, 7) is 1.89. The van der Waals surface area contributed by atoms with E-state index in [0.29, 0.717) is 16.3 Å². The maximum absolute atomic E-state index is 14.2. The molecule has 0 fully saturated rings. The molecule has 2 amide bonds. The van der Waals surface area contributed by atoms with Gasteiger partial charge >= 0.3 is 0 Å². The molecule has 1 atom stereocenters. The minimum atomic E-state index is -0.665. The molecule has 2 aromatic carbocycles. The first-order valence-corrected chi connectivity index (χ1v) is 9.65. The smallest absolute Gasteiger partial charge is 0.234 e. The minimum absolute atomic E-state index is 0.0106. The van der Waals surface area contributed by atoms with Crippen molar-refractivity contribution in [1.82, 2.24) is 5.32 Å². The molecular formula is C21H18FN3O2S. The minimum Gasteiger partial charge on any atom is -0.325 e. The third-order valence-electron chi connectivity index (χ3n) is 4.40. The van der Waals surface area contributed by atoms with Gasteiger partial charge in [0.1, 0.15) is 5.82 Å². The number of hydrogen-bond acceptors (Lipinski definition) is 4. The van der Waals surface area contributed by atoms with Crippen LogP contribution >= 0.6 is 11.8 Å². The standard InChI is InChI=1S/C21H18FN3O2S/c1-13-6-2-5-9-18(13)24-20(27)12-28-21-16(11-23)15(10-19(26)25-21)14-7-3-4-8-17(14)22/h2-9,15H,10,12H2,1H3,(H,24,27)(H,25,26). The Balaban J connectivity index is 1.78. The molecule has 0 spiro atoms. The first-order valence-electron chi connectivity index (χ1n) is 8.66. The highest BCUT2D eigenvalue weighted by Crippen LogP contribution is 2.36. The number of anilines is 1. The van der Waals surface area contributed by atoms with Crippen LogP contribution in [0.25, 0.3) is 0 Å². The van der Waals surface area contributed by atoms with Gasteiger partial charge in [-0.1, -0.05) is 48.2 Å². The number of rotatable bonds is 5. The number of carbonyl (C=O) groups excluding carboxylic acids is 2. The highest BCUT2D eigenvalue weighted by molar-refractivity contribution is 8.03. The molecule has 0 saturated carbocycles. The van der Waals surface area contributed by atoms with Gasteiger partial charge in [-0.05, 0) is 30.2 Å². The third-order valence-corrected chi connectivity index (χ3v) is 5.42. The van der Waals surface area contributed by atoms with Crippen molar-refractivity contribution in [3.05, 3.63) is 76.1 Å². The summed E-state index contributed by atoms with van der Waals surface area (Å²) in [4.78, 5) is 24.4. The maximum atomic E-state index is 14.2. The summed E-state index contributed by atoms with van der Waals surface area (Å²) in [5.41, 5.74) is 2.21. The number of thioether (sulfide) groups is 1. The predicted molar refractivity (Wildman–Crippen MR) is 107 cm³/mol. The first kappa shape index (κ1) is 19.6. The zero-order valence-electron chi connectivity index (χ0n) is 15.2. The molecule has 7 heteroatoms. The number of para-hydroxylation sites is 1. The second kappa shape index (κ2) is 8.72. The fourth-order valence-electron chi connectivity index (χ4n) is 2.99. The largest absolute Gasteiger partial charge is 0.325 e. The van der Waals surface area contributed by atoms with Crippen LogP contribution < -0.4 is 10.6 Å². The molecule has 0 aromatic heterocycles. The Morgan fingerprint density at radius 1 is 1.29 bits per heavy atom. The van der Waals surface area contributed by atoms with Crippen molar-refractivity contribution in [2.75, 3.05) is 11.1 Å². The third kappa shape index (κ3) is 4.41. The van der Waals surface area contributed by atoms with Gasteiger partial charge in [-0.15, -0.1) is 0 Å². The predicted octanol–water partition coefficient (Wildman–Crippen LogP) is 3.84. The molecule has 2 aromatic rings. The lowest BCUT2D eigenvalue weighted by atomic mass is 9.87. The monoisotopic (exact) mass is 395 g/mol. The number of nitriles is 1. The Kier molecular flexibility index (Phi) is 6.12. The second-order valence-electron chi connectivity index (χ2n) is 6.33. The van der Waals surface area contributed by atoms with Crippen LogP contribution in [0.1, 0.15) is 23.5 Å². The SMILES string of the molecule is Cc1ccccc1NC(=O)CSC1=C(C#N)C(c2ccccc2F)CC(=O)N1. The number of carbonyl (C=O) groups is 2. The van der Waals surface area contributed by atoms with E-state index < -0.39 is 11.7 Å². The zero-order valence-corrected chi connectivity index (χ0v) is 16.0. The van der Waals surface area contributed by atoms with Gasteiger partial charge in [0.2, 0.25) is 11.8 Å². The number of allylic oxidation sites excluding steroid dienone is 1. The normalized spacial score (nSPS) is 16.3. The number of amides is 2. The Morgan fingerprint density at radius 2 is 2.00 bits per heavy atom. The molecular weight excluding hydrogens is 377 g/mol. The van der Waals surface area contributed by atoms with Crippen LogP contribution in [0.15, 0.2) is 59.1 Å². The van der Waals surface area contributed by atoms with Crippen molar-refractivity contribution in [3.8, 4) is 6.07 Å². The van der Waals surface area contributed by atoms with E-state index in [1.807, 2.05) is 25.1 Å². The molecule has 0 radical (unpaired) electrons. The van der Waals surface area contributed by atoms with E-state index in [2.05, 4.69) is 16.7 Å². The van der Waals surface area contributed by atoms with Gasteiger partial charge in [0.15, 0.2) is 0 Å². The van der Waals surface area contributed by atoms with Gasteiger partial charge < -0.3 is 10.6 Å². The van der Waals surface area contributed by atoms with Gasteiger partial charge in [0.25, 0.3) is 0 Å². The highest BCUT2D eigenvalue weighted by atomic mass is 32.2. The van der Waals surface area contributed by atoms with E-state index >= 15 is 0 Å². The molecule has 0 bridgehead atoms. The number of benzene rings is 2. The first-order chi connectivity index (χ1) is 13.5. The Hall–Kier alpha value is -3.11. The second-order valence-corrected chi connectivity index (χ2v) is 7.32. The highest BCUT2D eigenvalue weighted by Gasteiger charge is 2.31. The fraction of sp³-hybridized carbons (Fsp3) is 0.190. The van der Waals surface area contributed by atoms with E-state index in [4.69, 9.17) is 0 Å². The summed E-state index contributed by atoms with van der Waals surface area (Å²) < 4.78 is 14.2. The summed E-state index contributed by atoms with van der Waals surface area (Å²) in [5.74, 6) is -1.68. The van der Waals surface area contributed by atoms with Crippen molar-refractivity contribution in [2.24, 2.45) is 0 Å². The molecule has 5 nitrogen and oxygen atoms in total. The molecule has 1 heterocycles. The van der Waals surface area contributed by atoms with Crippen LogP contribution in [-0.4, -0.2) is 17.6 Å². The molecule has 2 N–H and O–H groups in total. The van der Waals surface area contributed by atoms with Gasteiger partial charge in [-0.2, -0.15) is 5.26 Å². The summed E-state index contributed by atoms with van der Waals surface area (Å²) in [6.07, 6.45) is -0.0106. The lowest BCUT2D eigenvalue weighted by Crippen LogP contribution is -2.31. The number of hydrogen-bond donors (Lipinski definition) is 2. The van der Waals surface area contributed by atoms with E-state index in [0.717, 1.165) is 17.3 Å². The Labute approximate surface area is 166 Å². The topological polar surface area (TPSA) is 82.0 Å². The average molecular weight is 395 g/mol. The number of halogens is 1. The van der Waals surface area contributed by atoms with Crippen molar-refractivity contribution in [1.29, 1.82) is 5.26 Å². The van der Waals surface area contributed by atoms with Gasteiger partial charge in [0.05, 0.1) is 22.4 Å². The Morgan fingerprint density at radius 3 is 2.71 bits per heavy atom. The van der Waals surface area contributed by atoms with E-state index in [9.17, 15) is 19.2 Å². The van der Waals surface area contributed by atoms with Gasteiger partial charge in [-0.25, -0.2) is 4.39 Å². The molecule has 1 unspecified atom stereocenters. The van der Waals surface area contributed by atoms with Crippen LogP contribution in [-0.2, 0) is 9.59 Å².